The highest BCUT2D eigenvalue weighted by Crippen LogP contribution is 2.14. The summed E-state index contributed by atoms with van der Waals surface area (Å²) in [6.07, 6.45) is 26.4. The van der Waals surface area contributed by atoms with Gasteiger partial charge in [0.05, 0.1) is 0 Å². The van der Waals surface area contributed by atoms with Gasteiger partial charge in [-0.05, 0) is 260 Å². The molecule has 71 heavy (non-hydrogen) atoms. The maximum absolute atomic E-state index is 2.42. The van der Waals surface area contributed by atoms with Crippen LogP contribution < -0.4 is 0 Å². The van der Waals surface area contributed by atoms with E-state index in [1.165, 1.54) is 214 Å². The Bertz CT molecular complexity index is 1310. The lowest BCUT2D eigenvalue weighted by molar-refractivity contribution is 0.181. The molecule has 0 aromatic carbocycles. The first kappa shape index (κ1) is 67.5. The molecule has 0 atom stereocenters. The van der Waals surface area contributed by atoms with Crippen LogP contribution in [0.25, 0.3) is 0 Å². The van der Waals surface area contributed by atoms with Crippen LogP contribution in [0.2, 0.25) is 0 Å². The Kier molecular flexibility index (Phi) is 40.6. The Morgan fingerprint density at radius 3 is 0.930 bits per heavy atom. The predicted octanol–water partition coefficient (Wildman–Crippen LogP) is 8.74. The van der Waals surface area contributed by atoms with Crippen LogP contribution in [-0.2, 0) is 0 Å². The van der Waals surface area contributed by atoms with E-state index in [4.69, 9.17) is 0 Å². The van der Waals surface area contributed by atoms with Gasteiger partial charge in [-0.15, -0.1) is 0 Å². The van der Waals surface area contributed by atoms with Crippen LogP contribution in [0, 0.1) is 5.92 Å². The van der Waals surface area contributed by atoms with Crippen molar-refractivity contribution in [3.63, 3.8) is 0 Å². The third-order valence-electron chi connectivity index (χ3n) is 15.3. The molecule has 0 radical (unpaired) electrons. The lowest BCUT2D eigenvalue weighted by Crippen LogP contribution is -2.42. The van der Waals surface area contributed by atoms with Crippen LogP contribution in [-0.4, -0.2) is 275 Å². The number of piperazine rings is 1. The highest BCUT2D eigenvalue weighted by atomic mass is 15.2. The van der Waals surface area contributed by atoms with Crippen molar-refractivity contribution in [2.75, 3.05) is 222 Å². The summed E-state index contributed by atoms with van der Waals surface area (Å²) < 4.78 is 0. The van der Waals surface area contributed by atoms with Crippen LogP contribution in [0.3, 0.4) is 0 Å². The van der Waals surface area contributed by atoms with E-state index in [1.54, 1.807) is 22.3 Å². The van der Waals surface area contributed by atoms with Crippen molar-refractivity contribution in [1.29, 1.82) is 0 Å². The van der Waals surface area contributed by atoms with Crippen molar-refractivity contribution in [3.8, 4) is 0 Å². The van der Waals surface area contributed by atoms with E-state index < -0.39 is 0 Å². The Morgan fingerprint density at radius 1 is 0.268 bits per heavy atom. The Labute approximate surface area is 444 Å². The van der Waals surface area contributed by atoms with Gasteiger partial charge in [0, 0.05) is 78.5 Å². The molecule has 418 valence electrons. The zero-order chi connectivity index (χ0) is 52.8. The summed E-state index contributed by atoms with van der Waals surface area (Å²) >= 11 is 0. The average molecular weight is 999 g/mol. The van der Waals surface area contributed by atoms with Crippen LogP contribution >= 0.6 is 0 Å². The van der Waals surface area contributed by atoms with E-state index in [0.717, 1.165) is 19.0 Å². The fraction of sp³-hybridized carbons (Fsp3) is 0.867. The predicted molar refractivity (Wildman–Crippen MR) is 317 cm³/mol. The molecule has 8 heterocycles. The summed E-state index contributed by atoms with van der Waals surface area (Å²) in [5.41, 5.74) is 6.23. The maximum atomic E-state index is 2.42. The topological polar surface area (TPSA) is 35.6 Å². The number of hydrogen-bond acceptors (Lipinski definition) is 11. The second kappa shape index (κ2) is 42.7. The summed E-state index contributed by atoms with van der Waals surface area (Å²) in [6, 6.07) is 0. The molecule has 0 spiro atoms. The molecule has 11 heteroatoms. The van der Waals surface area contributed by atoms with Gasteiger partial charge in [0.2, 0.25) is 0 Å². The van der Waals surface area contributed by atoms with Crippen LogP contribution in [0.15, 0.2) is 46.6 Å². The minimum atomic E-state index is 0.978. The SMILES string of the molecule is C/C1=C/CCN(C)CCC1.CC1=CCCN(C)CC1.CC1=CCN(C)CC1.CC1=CCN(C)CCC1.CC1CCN(C)CC1.CN1CCCN(C)CC1.CN1CCCN(C)CCC1.CN1CCN(C)CC1. The molecule has 0 unspecified atom stereocenters. The van der Waals surface area contributed by atoms with Gasteiger partial charge in [-0.3, -0.25) is 0 Å². The number of piperidine rings is 1. The number of likely N-dealkylation sites (tertiary alicyclic amines) is 1. The summed E-state index contributed by atoms with van der Waals surface area (Å²) in [4.78, 5) is 26.2. The van der Waals surface area contributed by atoms with E-state index in [0.29, 0.717) is 0 Å². The molecule has 0 saturated carbocycles. The normalized spacial score (nSPS) is 25.3. The molecular formula is C60H123N11. The summed E-state index contributed by atoms with van der Waals surface area (Å²) in [5, 5.41) is 0. The summed E-state index contributed by atoms with van der Waals surface area (Å²) in [5.74, 6) is 0.978. The van der Waals surface area contributed by atoms with Gasteiger partial charge in [-0.1, -0.05) is 53.5 Å². The first-order chi connectivity index (χ1) is 33.8. The monoisotopic (exact) mass is 998 g/mol. The molecule has 0 aromatic heterocycles. The van der Waals surface area contributed by atoms with Gasteiger partial charge in [0.25, 0.3) is 0 Å². The van der Waals surface area contributed by atoms with Crippen molar-refractivity contribution >= 4 is 0 Å². The fourth-order valence-corrected chi connectivity index (χ4v) is 9.15. The fourth-order valence-electron chi connectivity index (χ4n) is 9.15. The van der Waals surface area contributed by atoms with Gasteiger partial charge in [-0.2, -0.15) is 0 Å². The molecule has 0 aliphatic carbocycles. The van der Waals surface area contributed by atoms with Gasteiger partial charge in [-0.25, -0.2) is 0 Å². The third kappa shape index (κ3) is 41.5. The molecule has 8 aliphatic heterocycles. The van der Waals surface area contributed by atoms with Crippen molar-refractivity contribution in [2.24, 2.45) is 5.92 Å². The summed E-state index contributed by atoms with van der Waals surface area (Å²) in [7, 11) is 24.1. The third-order valence-corrected chi connectivity index (χ3v) is 15.3. The lowest BCUT2D eigenvalue weighted by atomic mass is 10.00. The van der Waals surface area contributed by atoms with E-state index in [1.807, 2.05) is 0 Å². The highest BCUT2D eigenvalue weighted by Gasteiger charge is 2.12. The van der Waals surface area contributed by atoms with Crippen LogP contribution in [0.1, 0.15) is 118 Å². The number of nitrogens with zero attached hydrogens (tertiary/aromatic N) is 11. The molecule has 4 fully saturated rings. The Hall–Kier alpha value is -1.48. The van der Waals surface area contributed by atoms with Crippen molar-refractivity contribution in [3.05, 3.63) is 46.6 Å². The molecule has 0 aromatic rings. The smallest absolute Gasteiger partial charge is 0.0162 e. The Balaban J connectivity index is 0.000000406. The zero-order valence-electron chi connectivity index (χ0n) is 50.6. The molecule has 8 rings (SSSR count). The molecule has 4 saturated heterocycles. The van der Waals surface area contributed by atoms with Crippen molar-refractivity contribution in [2.45, 2.75) is 118 Å². The molecule has 0 N–H and O–H groups in total. The van der Waals surface area contributed by atoms with Crippen LogP contribution in [0.5, 0.6) is 0 Å². The molecular weight excluding hydrogens is 875 g/mol. The lowest BCUT2D eigenvalue weighted by Gasteiger charge is -2.28. The second-order valence-corrected chi connectivity index (χ2v) is 23.5. The van der Waals surface area contributed by atoms with Gasteiger partial charge in [0.15, 0.2) is 0 Å². The zero-order valence-corrected chi connectivity index (χ0v) is 50.6. The largest absolute Gasteiger partial charge is 0.306 e. The maximum Gasteiger partial charge on any atom is 0.0162 e. The molecule has 0 bridgehead atoms. The molecule has 0 amide bonds. The average Bonchev–Trinajstić information content (AvgIpc) is 3.74. The van der Waals surface area contributed by atoms with Gasteiger partial charge >= 0.3 is 0 Å². The first-order valence-corrected chi connectivity index (χ1v) is 29.0. The van der Waals surface area contributed by atoms with E-state index in [9.17, 15) is 0 Å². The quantitative estimate of drug-likeness (QED) is 0.219. The molecule has 11 nitrogen and oxygen atoms in total. The van der Waals surface area contributed by atoms with E-state index in [2.05, 4.69) is 190 Å². The van der Waals surface area contributed by atoms with Gasteiger partial charge < -0.3 is 53.9 Å². The van der Waals surface area contributed by atoms with Gasteiger partial charge in [0.1, 0.15) is 0 Å². The number of rotatable bonds is 0. The number of likely N-dealkylation sites (N-methyl/N-ethyl adjacent to an activating group) is 6. The van der Waals surface area contributed by atoms with Crippen molar-refractivity contribution in [1.82, 2.24) is 53.9 Å². The standard InChI is InChI=1S/C9H17N.C8H18N2.2C8H15N.C7H16N2.C7H15N.C7H13N.C6H14N2/c2*1-9-5-3-7-10(2)8-4-6-9;2*1-8-4-3-6-9(2)7-5-8;1-8-4-3-5-9(2)7-6-8;3*1-7-3-5-8(2)6-4-7/h5H,3-4,6-8H2,1-2H3;3-8H2,1-2H3;5H,3-4,6-7H2,1-2H3;4H,3,5-7H2,1-2H3;3-7H2,1-2H3;7H,3-6H2,1-2H3;3H,4-6H2,1-2H3;3-6H2,1-2H3/b9-5-;;;;;;;. The highest BCUT2D eigenvalue weighted by molar-refractivity contribution is 5.03. The van der Waals surface area contributed by atoms with Crippen LogP contribution in [0.4, 0.5) is 0 Å². The first-order valence-electron chi connectivity index (χ1n) is 29.0. The second-order valence-electron chi connectivity index (χ2n) is 23.5. The van der Waals surface area contributed by atoms with Crippen molar-refractivity contribution < 1.29 is 0 Å². The summed E-state index contributed by atoms with van der Waals surface area (Å²) in [6.45, 7) is 38.6. The minimum Gasteiger partial charge on any atom is -0.306 e. The Morgan fingerprint density at radius 2 is 0.521 bits per heavy atom. The number of hydrogen-bond donors (Lipinski definition) is 0. The van der Waals surface area contributed by atoms with E-state index >= 15 is 0 Å². The molecule has 8 aliphatic rings. The van der Waals surface area contributed by atoms with E-state index in [-0.39, 0.29) is 0 Å². The minimum absolute atomic E-state index is 0.978. The number of allylic oxidation sites excluding steroid dienone is 2.